The zero-order chi connectivity index (χ0) is 17.0. The summed E-state index contributed by atoms with van der Waals surface area (Å²) in [6.45, 7) is 3.20. The van der Waals surface area contributed by atoms with E-state index in [-0.39, 0.29) is 0 Å². The summed E-state index contributed by atoms with van der Waals surface area (Å²) in [6, 6.07) is 5.85. The van der Waals surface area contributed by atoms with Gasteiger partial charge in [-0.15, -0.1) is 0 Å². The normalized spacial score (nSPS) is 17.4. The van der Waals surface area contributed by atoms with Gasteiger partial charge in [-0.05, 0) is 17.7 Å². The van der Waals surface area contributed by atoms with E-state index in [2.05, 4.69) is 4.90 Å². The highest BCUT2D eigenvalue weighted by atomic mass is 32.2. The number of benzene rings is 1. The topological polar surface area (TPSA) is 62.3 Å². The summed E-state index contributed by atoms with van der Waals surface area (Å²) in [5.41, 5.74) is 1.12. The van der Waals surface area contributed by atoms with E-state index in [0.717, 1.165) is 12.1 Å². The van der Waals surface area contributed by atoms with Gasteiger partial charge < -0.3 is 9.47 Å². The Kier molecular flexibility index (Phi) is 5.85. The van der Waals surface area contributed by atoms with Crippen molar-refractivity contribution in [1.82, 2.24) is 13.5 Å². The summed E-state index contributed by atoms with van der Waals surface area (Å²) >= 11 is 0. The molecule has 0 aliphatic carbocycles. The summed E-state index contributed by atoms with van der Waals surface area (Å²) in [7, 11) is 3.04. The van der Waals surface area contributed by atoms with Crippen LogP contribution in [0.2, 0.25) is 0 Å². The lowest BCUT2D eigenvalue weighted by molar-refractivity contribution is 0.177. The molecule has 0 aromatic heterocycles. The third kappa shape index (κ3) is 4.14. The van der Waals surface area contributed by atoms with Gasteiger partial charge in [-0.1, -0.05) is 6.07 Å². The van der Waals surface area contributed by atoms with Crippen molar-refractivity contribution in [2.45, 2.75) is 6.54 Å². The number of hydrogen-bond donors (Lipinski definition) is 0. The summed E-state index contributed by atoms with van der Waals surface area (Å²) < 4.78 is 37.6. The van der Waals surface area contributed by atoms with Crippen LogP contribution in [0, 0.1) is 0 Å². The third-order valence-electron chi connectivity index (χ3n) is 3.97. The second-order valence-corrected chi connectivity index (χ2v) is 7.80. The first-order valence-corrected chi connectivity index (χ1v) is 8.89. The summed E-state index contributed by atoms with van der Waals surface area (Å²) in [6.07, 6.45) is 0. The molecule has 0 bridgehead atoms. The predicted octanol–water partition coefficient (Wildman–Crippen LogP) is 0.628. The van der Waals surface area contributed by atoms with Gasteiger partial charge in [0.1, 0.15) is 0 Å². The molecular formula is C15H25N3O4S. The van der Waals surface area contributed by atoms with Crippen molar-refractivity contribution in [2.24, 2.45) is 0 Å². The monoisotopic (exact) mass is 343 g/mol. The lowest BCUT2D eigenvalue weighted by atomic mass is 10.1. The highest BCUT2D eigenvalue weighted by molar-refractivity contribution is 7.86. The molecule has 1 heterocycles. The van der Waals surface area contributed by atoms with E-state index in [1.807, 2.05) is 18.2 Å². The van der Waals surface area contributed by atoms with Crippen LogP contribution in [0.1, 0.15) is 5.56 Å². The molecule has 0 amide bonds. The van der Waals surface area contributed by atoms with E-state index in [1.54, 1.807) is 28.3 Å². The van der Waals surface area contributed by atoms with Gasteiger partial charge in [0.15, 0.2) is 11.5 Å². The van der Waals surface area contributed by atoms with Gasteiger partial charge in [0.25, 0.3) is 10.2 Å². The molecule has 0 spiro atoms. The van der Waals surface area contributed by atoms with Crippen molar-refractivity contribution in [1.29, 1.82) is 0 Å². The lowest BCUT2D eigenvalue weighted by Crippen LogP contribution is -2.51. The molecule has 23 heavy (non-hydrogen) atoms. The molecule has 130 valence electrons. The van der Waals surface area contributed by atoms with Crippen LogP contribution >= 0.6 is 0 Å². The Morgan fingerprint density at radius 3 is 2.17 bits per heavy atom. The molecule has 0 unspecified atom stereocenters. The van der Waals surface area contributed by atoms with E-state index < -0.39 is 10.2 Å². The molecule has 2 rings (SSSR count). The smallest absolute Gasteiger partial charge is 0.281 e. The Hall–Kier alpha value is -1.35. The van der Waals surface area contributed by atoms with E-state index >= 15 is 0 Å². The van der Waals surface area contributed by atoms with Gasteiger partial charge in [0.05, 0.1) is 14.2 Å². The van der Waals surface area contributed by atoms with E-state index in [1.165, 1.54) is 8.61 Å². The predicted molar refractivity (Wildman–Crippen MR) is 89.0 cm³/mol. The van der Waals surface area contributed by atoms with Gasteiger partial charge in [0, 0.05) is 46.8 Å². The fourth-order valence-corrected chi connectivity index (χ4v) is 3.67. The fraction of sp³-hybridized carbons (Fsp3) is 0.600. The van der Waals surface area contributed by atoms with Crippen molar-refractivity contribution in [3.8, 4) is 11.5 Å². The van der Waals surface area contributed by atoms with Crippen molar-refractivity contribution in [3.63, 3.8) is 0 Å². The number of piperazine rings is 1. The maximum atomic E-state index is 12.1. The standard InChI is InChI=1S/C15H25N3O4S/c1-16(2)23(19,20)18-9-7-17(8-10-18)12-13-5-6-14(21-3)15(11-13)22-4/h5-6,11H,7-10,12H2,1-4H3. The molecule has 1 aliphatic rings. The van der Waals surface area contributed by atoms with Crippen molar-refractivity contribution in [2.75, 3.05) is 54.5 Å². The SMILES string of the molecule is COc1ccc(CN2CCN(S(=O)(=O)N(C)C)CC2)cc1OC. The molecular weight excluding hydrogens is 318 g/mol. The Bertz CT molecular complexity index is 626. The van der Waals surface area contributed by atoms with Crippen LogP contribution in [0.5, 0.6) is 11.5 Å². The number of hydrogen-bond acceptors (Lipinski definition) is 5. The molecule has 1 aliphatic heterocycles. The highest BCUT2D eigenvalue weighted by Crippen LogP contribution is 2.28. The van der Waals surface area contributed by atoms with Crippen LogP contribution in [0.15, 0.2) is 18.2 Å². The Morgan fingerprint density at radius 1 is 1.04 bits per heavy atom. The van der Waals surface area contributed by atoms with Crippen LogP contribution in [0.25, 0.3) is 0 Å². The largest absolute Gasteiger partial charge is 0.493 e. The molecule has 0 radical (unpaired) electrons. The van der Waals surface area contributed by atoms with Gasteiger partial charge in [-0.3, -0.25) is 4.90 Å². The van der Waals surface area contributed by atoms with E-state index in [9.17, 15) is 8.42 Å². The molecule has 7 nitrogen and oxygen atoms in total. The average Bonchev–Trinajstić information content (AvgIpc) is 2.55. The van der Waals surface area contributed by atoms with E-state index in [4.69, 9.17) is 9.47 Å². The van der Waals surface area contributed by atoms with Crippen LogP contribution < -0.4 is 9.47 Å². The van der Waals surface area contributed by atoms with Gasteiger partial charge >= 0.3 is 0 Å². The highest BCUT2D eigenvalue weighted by Gasteiger charge is 2.28. The third-order valence-corrected chi connectivity index (χ3v) is 5.91. The summed E-state index contributed by atoms with van der Waals surface area (Å²) in [5.74, 6) is 1.41. The number of methoxy groups -OCH3 is 2. The summed E-state index contributed by atoms with van der Waals surface area (Å²) in [4.78, 5) is 2.24. The van der Waals surface area contributed by atoms with Crippen LogP contribution in [0.3, 0.4) is 0 Å². The van der Waals surface area contributed by atoms with Crippen molar-refractivity contribution >= 4 is 10.2 Å². The minimum atomic E-state index is -3.31. The number of rotatable bonds is 6. The average molecular weight is 343 g/mol. The van der Waals surface area contributed by atoms with E-state index in [0.29, 0.717) is 37.7 Å². The molecule has 1 fully saturated rings. The number of ether oxygens (including phenoxy) is 2. The zero-order valence-electron chi connectivity index (χ0n) is 14.2. The first kappa shape index (κ1) is 18.0. The summed E-state index contributed by atoms with van der Waals surface area (Å²) in [5, 5.41) is 0. The Labute approximate surface area is 138 Å². The number of nitrogens with zero attached hydrogens (tertiary/aromatic N) is 3. The molecule has 0 N–H and O–H groups in total. The fourth-order valence-electron chi connectivity index (χ4n) is 2.59. The van der Waals surface area contributed by atoms with Crippen LogP contribution in [-0.4, -0.2) is 76.4 Å². The lowest BCUT2D eigenvalue weighted by Gasteiger charge is -2.35. The molecule has 1 saturated heterocycles. The minimum Gasteiger partial charge on any atom is -0.493 e. The Morgan fingerprint density at radius 2 is 1.65 bits per heavy atom. The quantitative estimate of drug-likeness (QED) is 0.758. The zero-order valence-corrected chi connectivity index (χ0v) is 15.0. The molecule has 0 saturated carbocycles. The minimum absolute atomic E-state index is 0.508. The van der Waals surface area contributed by atoms with Gasteiger partial charge in [-0.2, -0.15) is 17.0 Å². The van der Waals surface area contributed by atoms with Gasteiger partial charge in [-0.25, -0.2) is 0 Å². The second-order valence-electron chi connectivity index (χ2n) is 5.65. The van der Waals surface area contributed by atoms with Crippen molar-refractivity contribution in [3.05, 3.63) is 23.8 Å². The maximum Gasteiger partial charge on any atom is 0.281 e. The van der Waals surface area contributed by atoms with Crippen LogP contribution in [0.4, 0.5) is 0 Å². The molecule has 8 heteroatoms. The second kappa shape index (κ2) is 7.48. The van der Waals surface area contributed by atoms with Crippen molar-refractivity contribution < 1.29 is 17.9 Å². The molecule has 0 atom stereocenters. The molecule has 1 aromatic carbocycles. The van der Waals surface area contributed by atoms with Gasteiger partial charge in [0.2, 0.25) is 0 Å². The van der Waals surface area contributed by atoms with Crippen LogP contribution in [-0.2, 0) is 16.8 Å². The first-order chi connectivity index (χ1) is 10.9. The Balaban J connectivity index is 1.97. The molecule has 1 aromatic rings. The maximum absolute atomic E-state index is 12.1. The first-order valence-electron chi connectivity index (χ1n) is 7.49.